The molecule has 2 aromatic carbocycles. The topological polar surface area (TPSA) is 29.5 Å². The molecule has 20 heavy (non-hydrogen) atoms. The van der Waals surface area contributed by atoms with E-state index in [4.69, 9.17) is 27.9 Å². The molecule has 4 heteroatoms. The van der Waals surface area contributed by atoms with Crippen LogP contribution >= 0.6 is 23.2 Å². The van der Waals surface area contributed by atoms with Crippen LogP contribution in [0.3, 0.4) is 0 Å². The zero-order valence-corrected chi connectivity index (χ0v) is 13.4. The number of halogens is 2. The van der Waals surface area contributed by atoms with Crippen LogP contribution < -0.4 is 4.74 Å². The molecule has 0 aliphatic carbocycles. The van der Waals surface area contributed by atoms with Gasteiger partial charge in [-0.2, -0.15) is 0 Å². The molecule has 0 radical (unpaired) electrons. The molecule has 0 spiro atoms. The highest BCUT2D eigenvalue weighted by Crippen LogP contribution is 2.43. The number of ether oxygens (including phenoxy) is 1. The molecule has 0 unspecified atom stereocenters. The number of rotatable bonds is 2. The third kappa shape index (κ3) is 2.46. The summed E-state index contributed by atoms with van der Waals surface area (Å²) in [7, 11) is 1.65. The minimum Gasteiger partial charge on any atom is -0.507 e. The van der Waals surface area contributed by atoms with E-state index < -0.39 is 0 Å². The van der Waals surface area contributed by atoms with Crippen LogP contribution in [0.25, 0.3) is 11.1 Å². The Balaban J connectivity index is 2.81. The smallest absolute Gasteiger partial charge is 0.126 e. The fourth-order valence-corrected chi connectivity index (χ4v) is 3.03. The van der Waals surface area contributed by atoms with E-state index in [0.29, 0.717) is 15.6 Å². The Morgan fingerprint density at radius 1 is 0.950 bits per heavy atom. The van der Waals surface area contributed by atoms with Gasteiger partial charge in [0, 0.05) is 10.6 Å². The molecule has 0 aliphatic heterocycles. The molecule has 0 atom stereocenters. The molecule has 0 aromatic heterocycles. The fraction of sp³-hybridized carbons (Fsp3) is 0.250. The number of phenolic OH excluding ortho intramolecular Hbond substituents is 1. The van der Waals surface area contributed by atoms with Gasteiger partial charge in [0.15, 0.2) is 0 Å². The zero-order chi connectivity index (χ0) is 15.0. The highest BCUT2D eigenvalue weighted by Gasteiger charge is 2.18. The first kappa shape index (κ1) is 15.0. The van der Waals surface area contributed by atoms with E-state index in [1.54, 1.807) is 13.2 Å². The maximum absolute atomic E-state index is 10.2. The number of hydrogen-bond acceptors (Lipinski definition) is 2. The second-order valence-corrected chi connectivity index (χ2v) is 5.65. The van der Waals surface area contributed by atoms with Gasteiger partial charge >= 0.3 is 0 Å². The lowest BCUT2D eigenvalue weighted by atomic mass is 9.91. The van der Waals surface area contributed by atoms with Crippen LogP contribution in [-0.4, -0.2) is 12.2 Å². The average molecular weight is 311 g/mol. The normalized spacial score (nSPS) is 10.7. The quantitative estimate of drug-likeness (QED) is 0.815. The van der Waals surface area contributed by atoms with Gasteiger partial charge in [0.05, 0.1) is 12.1 Å². The number of hydrogen-bond donors (Lipinski definition) is 1. The summed E-state index contributed by atoms with van der Waals surface area (Å²) in [6, 6.07) is 5.08. The van der Waals surface area contributed by atoms with Gasteiger partial charge in [0.2, 0.25) is 0 Å². The largest absolute Gasteiger partial charge is 0.507 e. The van der Waals surface area contributed by atoms with E-state index in [1.165, 1.54) is 6.07 Å². The van der Waals surface area contributed by atoms with Gasteiger partial charge in [0.1, 0.15) is 11.5 Å². The van der Waals surface area contributed by atoms with Gasteiger partial charge in [-0.1, -0.05) is 23.2 Å². The van der Waals surface area contributed by atoms with E-state index in [2.05, 4.69) is 0 Å². The second kappa shape index (κ2) is 5.55. The van der Waals surface area contributed by atoms with Gasteiger partial charge in [0.25, 0.3) is 0 Å². The fourth-order valence-electron chi connectivity index (χ4n) is 2.45. The number of methoxy groups -OCH3 is 1. The first-order valence-corrected chi connectivity index (χ1v) is 6.95. The molecule has 106 valence electrons. The Labute approximate surface area is 128 Å². The highest BCUT2D eigenvalue weighted by atomic mass is 35.5. The van der Waals surface area contributed by atoms with Crippen molar-refractivity contribution in [3.8, 4) is 22.6 Å². The van der Waals surface area contributed by atoms with E-state index in [-0.39, 0.29) is 5.75 Å². The third-order valence-corrected chi connectivity index (χ3v) is 4.07. The van der Waals surface area contributed by atoms with Gasteiger partial charge in [-0.3, -0.25) is 0 Å². The molecule has 2 rings (SSSR count). The van der Waals surface area contributed by atoms with Crippen LogP contribution in [0.5, 0.6) is 11.5 Å². The van der Waals surface area contributed by atoms with Crippen molar-refractivity contribution < 1.29 is 9.84 Å². The Morgan fingerprint density at radius 2 is 1.60 bits per heavy atom. The zero-order valence-electron chi connectivity index (χ0n) is 11.8. The molecule has 2 aromatic rings. The number of phenols is 1. The Morgan fingerprint density at radius 3 is 2.15 bits per heavy atom. The van der Waals surface area contributed by atoms with Crippen LogP contribution in [-0.2, 0) is 0 Å². The number of aryl methyl sites for hydroxylation is 1. The van der Waals surface area contributed by atoms with E-state index >= 15 is 0 Å². The first-order chi connectivity index (χ1) is 9.36. The average Bonchev–Trinajstić information content (AvgIpc) is 2.36. The van der Waals surface area contributed by atoms with Crippen LogP contribution in [0.15, 0.2) is 18.2 Å². The summed E-state index contributed by atoms with van der Waals surface area (Å²) in [6.07, 6.45) is 0. The molecule has 0 heterocycles. The predicted molar refractivity (Wildman–Crippen MR) is 84.3 cm³/mol. The molecule has 0 aliphatic rings. The van der Waals surface area contributed by atoms with Crippen molar-refractivity contribution in [1.29, 1.82) is 0 Å². The van der Waals surface area contributed by atoms with Crippen molar-refractivity contribution >= 4 is 23.2 Å². The van der Waals surface area contributed by atoms with Crippen LogP contribution in [0.1, 0.15) is 16.7 Å². The standard InChI is InChI=1S/C16H16Cl2O2/c1-8-5-14(20-4)9(2)10(3)15(8)16-12(18)6-11(17)7-13(16)19/h5-7,19H,1-4H3. The van der Waals surface area contributed by atoms with E-state index in [9.17, 15) is 5.11 Å². The summed E-state index contributed by atoms with van der Waals surface area (Å²) in [5.74, 6) is 0.909. The second-order valence-electron chi connectivity index (χ2n) is 4.80. The number of benzene rings is 2. The van der Waals surface area contributed by atoms with Gasteiger partial charge < -0.3 is 9.84 Å². The molecular weight excluding hydrogens is 295 g/mol. The van der Waals surface area contributed by atoms with Crippen LogP contribution in [0.4, 0.5) is 0 Å². The van der Waals surface area contributed by atoms with Crippen LogP contribution in [0.2, 0.25) is 10.0 Å². The molecule has 0 amide bonds. The Bertz CT molecular complexity index is 656. The predicted octanol–water partition coefficient (Wildman–Crippen LogP) is 5.30. The van der Waals surface area contributed by atoms with Crippen molar-refractivity contribution in [2.24, 2.45) is 0 Å². The number of aromatic hydroxyl groups is 1. The SMILES string of the molecule is COc1cc(C)c(-c2c(O)cc(Cl)cc2Cl)c(C)c1C. The summed E-state index contributed by atoms with van der Waals surface area (Å²) in [6.45, 7) is 5.94. The van der Waals surface area contributed by atoms with Crippen molar-refractivity contribution in [2.45, 2.75) is 20.8 Å². The molecule has 0 saturated carbocycles. The lowest BCUT2D eigenvalue weighted by molar-refractivity contribution is 0.411. The maximum Gasteiger partial charge on any atom is 0.126 e. The Kier molecular flexibility index (Phi) is 4.17. The van der Waals surface area contributed by atoms with E-state index in [1.807, 2.05) is 26.8 Å². The molecule has 0 saturated heterocycles. The molecular formula is C16H16Cl2O2. The minimum absolute atomic E-state index is 0.0817. The van der Waals surface area contributed by atoms with E-state index in [0.717, 1.165) is 28.0 Å². The summed E-state index contributed by atoms with van der Waals surface area (Å²) in [4.78, 5) is 0. The molecule has 0 fully saturated rings. The summed E-state index contributed by atoms with van der Waals surface area (Å²) in [5.41, 5.74) is 4.57. The lowest BCUT2D eigenvalue weighted by Gasteiger charge is -2.18. The maximum atomic E-state index is 10.2. The van der Waals surface area contributed by atoms with Gasteiger partial charge in [-0.25, -0.2) is 0 Å². The lowest BCUT2D eigenvalue weighted by Crippen LogP contribution is -1.97. The van der Waals surface area contributed by atoms with Crippen LogP contribution in [0, 0.1) is 20.8 Å². The summed E-state index contributed by atoms with van der Waals surface area (Å²) < 4.78 is 5.36. The molecule has 0 bridgehead atoms. The summed E-state index contributed by atoms with van der Waals surface area (Å²) >= 11 is 12.2. The summed E-state index contributed by atoms with van der Waals surface area (Å²) in [5, 5.41) is 11.0. The molecule has 2 nitrogen and oxygen atoms in total. The van der Waals surface area contributed by atoms with Gasteiger partial charge in [-0.15, -0.1) is 0 Å². The molecule has 1 N–H and O–H groups in total. The Hall–Kier alpha value is -1.38. The van der Waals surface area contributed by atoms with Crippen molar-refractivity contribution in [3.63, 3.8) is 0 Å². The van der Waals surface area contributed by atoms with Crippen molar-refractivity contribution in [2.75, 3.05) is 7.11 Å². The minimum atomic E-state index is 0.0817. The first-order valence-electron chi connectivity index (χ1n) is 6.20. The van der Waals surface area contributed by atoms with Gasteiger partial charge in [-0.05, 0) is 61.2 Å². The van der Waals surface area contributed by atoms with Crippen molar-refractivity contribution in [1.82, 2.24) is 0 Å². The monoisotopic (exact) mass is 310 g/mol. The highest BCUT2D eigenvalue weighted by molar-refractivity contribution is 6.37. The third-order valence-electron chi connectivity index (χ3n) is 3.55. The van der Waals surface area contributed by atoms with Crippen molar-refractivity contribution in [3.05, 3.63) is 44.9 Å².